The molecule has 4 aliphatic rings. The highest BCUT2D eigenvalue weighted by Gasteiger charge is 2.48. The van der Waals surface area contributed by atoms with Crippen molar-refractivity contribution < 1.29 is 8.83 Å². The molecule has 19 aromatic rings. The zero-order valence-corrected chi connectivity index (χ0v) is 65.0. The Balaban J connectivity index is 0.886. The number of rotatable bonds is 14. The number of hydrogen-bond acceptors (Lipinski definition) is 5. The van der Waals surface area contributed by atoms with Crippen molar-refractivity contribution >= 4 is 107 Å². The van der Waals surface area contributed by atoms with E-state index in [4.69, 9.17) is 8.83 Å². The first-order valence-electron chi connectivity index (χ1n) is 41.5. The lowest BCUT2D eigenvalue weighted by molar-refractivity contribution is 0.351. The Morgan fingerprint density at radius 1 is 0.274 bits per heavy atom. The fourth-order valence-corrected chi connectivity index (χ4v) is 20.5. The highest BCUT2D eigenvalue weighted by molar-refractivity contribution is 7.00. The highest BCUT2D eigenvalue weighted by atomic mass is 16.3. The van der Waals surface area contributed by atoms with E-state index in [2.05, 4.69) is 410 Å². The molecule has 2 bridgehead atoms. The van der Waals surface area contributed by atoms with Gasteiger partial charge in [0.15, 0.2) is 0 Å². The second kappa shape index (κ2) is 28.1. The largest absolute Gasteiger partial charge is 0.455 e. The summed E-state index contributed by atoms with van der Waals surface area (Å²) >= 11 is 0. The van der Waals surface area contributed by atoms with Gasteiger partial charge < -0.3 is 23.5 Å². The molecule has 117 heavy (non-hydrogen) atoms. The molecule has 1 aliphatic carbocycles. The van der Waals surface area contributed by atoms with Crippen LogP contribution in [0, 0.1) is 5.92 Å². The molecule has 5 heterocycles. The standard InChI is InChI=1S/C111H80BN3O2/c1-2-84-61-71-55-58-85(62-71)113(84)86-69-103-105-104(70-86)115(107-97(78-43-23-9-24-44-78)65-83(73-33-13-4-14-34-73)66-98(107)79-45-25-10-26-46-79)102-60-57-81(90-50-30-54-94-92-52-28-48-88(109(92)117-111(90)94)75-37-17-6-18-38-75)68-100(102)112(105)99-67-80(89-49-29-53-93-91-51-27-47-87(108(91)116-110(89)93)74-35-15-5-16-36-74)56-59-101(99)114(103)106-95(76-39-19-7-20-40-76)63-82(72-31-11-3-12-32-72)64-96(106)77-41-21-8-22-42-77/h3-54,56-57,59-60,63-71,84-85H,2,55,58,61-62H2,1H3. The Morgan fingerprint density at radius 2 is 0.590 bits per heavy atom. The summed E-state index contributed by atoms with van der Waals surface area (Å²) in [6.07, 6.45) is 5.79. The maximum atomic E-state index is 7.46. The number of piperidine rings is 1. The average Bonchev–Trinajstić information content (AvgIpc) is 1.59. The number of furan rings is 2. The first-order chi connectivity index (χ1) is 58.0. The Labute approximate surface area is 682 Å². The van der Waals surface area contributed by atoms with Gasteiger partial charge in [0.1, 0.15) is 22.3 Å². The summed E-state index contributed by atoms with van der Waals surface area (Å²) in [5.41, 5.74) is 37.2. The Kier molecular flexibility index (Phi) is 16.4. The van der Waals surface area contributed by atoms with Crippen LogP contribution in [0.5, 0.6) is 0 Å². The Hall–Kier alpha value is -14.2. The molecule has 1 saturated carbocycles. The zero-order chi connectivity index (χ0) is 77.2. The van der Waals surface area contributed by atoms with Gasteiger partial charge in [0.2, 0.25) is 0 Å². The third-order valence-corrected chi connectivity index (χ3v) is 25.8. The van der Waals surface area contributed by atoms with Crippen LogP contribution >= 0.6 is 0 Å². The summed E-state index contributed by atoms with van der Waals surface area (Å²) in [7, 11) is 0. The second-order valence-electron chi connectivity index (χ2n) is 32.3. The number of para-hydroxylation sites is 4. The van der Waals surface area contributed by atoms with E-state index < -0.39 is 0 Å². The molecule has 2 fully saturated rings. The van der Waals surface area contributed by atoms with Crippen LogP contribution in [0.1, 0.15) is 39.0 Å². The van der Waals surface area contributed by atoms with Crippen LogP contribution in [-0.4, -0.2) is 18.8 Å². The molecule has 1 saturated heterocycles. The van der Waals surface area contributed by atoms with Gasteiger partial charge in [-0.15, -0.1) is 0 Å². The van der Waals surface area contributed by atoms with Gasteiger partial charge in [-0.05, 0) is 170 Å². The van der Waals surface area contributed by atoms with E-state index in [9.17, 15) is 0 Å². The molecular formula is C111H80BN3O2. The smallest absolute Gasteiger partial charge is 0.252 e. The van der Waals surface area contributed by atoms with Crippen molar-refractivity contribution in [2.24, 2.45) is 5.92 Å². The molecule has 0 amide bonds. The van der Waals surface area contributed by atoms with Crippen LogP contribution < -0.4 is 31.1 Å². The second-order valence-corrected chi connectivity index (χ2v) is 32.3. The van der Waals surface area contributed by atoms with Crippen LogP contribution in [0.3, 0.4) is 0 Å². The summed E-state index contributed by atoms with van der Waals surface area (Å²) in [6.45, 7) is 2.07. The monoisotopic (exact) mass is 1500 g/mol. The minimum atomic E-state index is -0.368. The van der Waals surface area contributed by atoms with Crippen molar-refractivity contribution in [1.82, 2.24) is 0 Å². The van der Waals surface area contributed by atoms with E-state index in [1.54, 1.807) is 0 Å². The minimum Gasteiger partial charge on any atom is -0.455 e. The molecule has 2 aromatic heterocycles. The van der Waals surface area contributed by atoms with Crippen molar-refractivity contribution in [3.05, 3.63) is 388 Å². The van der Waals surface area contributed by atoms with Crippen LogP contribution in [0.25, 0.3) is 155 Å². The lowest BCUT2D eigenvalue weighted by Gasteiger charge is -2.48. The predicted molar refractivity (Wildman–Crippen MR) is 492 cm³/mol. The molecule has 3 atom stereocenters. The van der Waals surface area contributed by atoms with E-state index in [0.29, 0.717) is 18.0 Å². The van der Waals surface area contributed by atoms with Crippen molar-refractivity contribution in [3.63, 3.8) is 0 Å². The molecule has 0 radical (unpaired) electrons. The molecule has 23 rings (SSSR count). The van der Waals surface area contributed by atoms with Crippen LogP contribution in [0.4, 0.5) is 39.8 Å². The van der Waals surface area contributed by atoms with E-state index >= 15 is 0 Å². The van der Waals surface area contributed by atoms with Crippen molar-refractivity contribution in [1.29, 1.82) is 0 Å². The fraction of sp³-hybridized carbons (Fsp3) is 0.0811. The van der Waals surface area contributed by atoms with E-state index in [1.807, 2.05) is 0 Å². The fourth-order valence-electron chi connectivity index (χ4n) is 20.5. The molecule has 554 valence electrons. The Bertz CT molecular complexity index is 6540. The third kappa shape index (κ3) is 11.4. The lowest BCUT2D eigenvalue weighted by Crippen LogP contribution is -2.61. The lowest BCUT2D eigenvalue weighted by atomic mass is 9.33. The maximum absolute atomic E-state index is 7.46. The number of fused-ring (bicyclic) bond motifs is 12. The summed E-state index contributed by atoms with van der Waals surface area (Å²) < 4.78 is 14.9. The van der Waals surface area contributed by atoms with E-state index in [-0.39, 0.29) is 6.71 Å². The van der Waals surface area contributed by atoms with Gasteiger partial charge in [-0.1, -0.05) is 347 Å². The van der Waals surface area contributed by atoms with E-state index in [1.165, 1.54) is 34.9 Å². The van der Waals surface area contributed by atoms with Gasteiger partial charge in [-0.25, -0.2) is 0 Å². The molecule has 0 spiro atoms. The predicted octanol–water partition coefficient (Wildman–Crippen LogP) is 28.4. The highest BCUT2D eigenvalue weighted by Crippen LogP contribution is 2.57. The van der Waals surface area contributed by atoms with Gasteiger partial charge >= 0.3 is 0 Å². The van der Waals surface area contributed by atoms with Crippen molar-refractivity contribution in [2.75, 3.05) is 14.7 Å². The first-order valence-corrected chi connectivity index (χ1v) is 41.5. The summed E-state index contributed by atoms with van der Waals surface area (Å²) in [4.78, 5) is 8.41. The molecule has 6 heteroatoms. The normalized spacial score (nSPS) is 15.3. The van der Waals surface area contributed by atoms with Crippen molar-refractivity contribution in [2.45, 2.75) is 51.1 Å². The number of hydrogen-bond donors (Lipinski definition) is 0. The minimum absolute atomic E-state index is 0.334. The van der Waals surface area contributed by atoms with Crippen LogP contribution in [0.15, 0.2) is 397 Å². The first kappa shape index (κ1) is 68.4. The third-order valence-electron chi connectivity index (χ3n) is 25.8. The summed E-state index contributed by atoms with van der Waals surface area (Å²) in [5.74, 6) is 0.703. The van der Waals surface area contributed by atoms with E-state index in [0.717, 1.165) is 209 Å². The van der Waals surface area contributed by atoms with Crippen LogP contribution in [-0.2, 0) is 0 Å². The van der Waals surface area contributed by atoms with Gasteiger partial charge in [-0.3, -0.25) is 0 Å². The average molecular weight is 1500 g/mol. The zero-order valence-electron chi connectivity index (χ0n) is 65.0. The van der Waals surface area contributed by atoms with Gasteiger partial charge in [-0.2, -0.15) is 0 Å². The molecule has 5 nitrogen and oxygen atoms in total. The SMILES string of the molecule is CCC1CC2CCC(C2)N1c1cc2c3c(c1)N(c1c(-c4ccccc4)cc(-c4ccccc4)cc1-c1ccccc1)c1ccc(-c4cccc5c4oc4c(-c6ccccc6)cccc45)cc1B3c1cc(-c3cccc4c3oc3c(-c5ccccc5)cccc34)ccc1N2c1c(-c2ccccc2)cc(-c2ccccc2)cc1-c1ccccc1. The van der Waals surface area contributed by atoms with Crippen molar-refractivity contribution in [3.8, 4) is 111 Å². The summed E-state index contributed by atoms with van der Waals surface area (Å²) in [6, 6.07) is 146. The van der Waals surface area contributed by atoms with Gasteiger partial charge in [0.05, 0.1) is 11.4 Å². The Morgan fingerprint density at radius 3 is 0.923 bits per heavy atom. The summed E-state index contributed by atoms with van der Waals surface area (Å²) in [5, 5.41) is 4.34. The molecular weight excluding hydrogens is 1420 g/mol. The molecule has 17 aromatic carbocycles. The number of nitrogens with zero attached hydrogens (tertiary/aromatic N) is 3. The quantitative estimate of drug-likeness (QED) is 0.101. The molecule has 3 unspecified atom stereocenters. The van der Waals surface area contributed by atoms with Gasteiger partial charge in [0.25, 0.3) is 6.71 Å². The topological polar surface area (TPSA) is 36.0 Å². The molecule has 3 aliphatic heterocycles. The maximum Gasteiger partial charge on any atom is 0.252 e. The van der Waals surface area contributed by atoms with Crippen LogP contribution in [0.2, 0.25) is 0 Å². The van der Waals surface area contributed by atoms with Gasteiger partial charge in [0, 0.05) is 107 Å². The molecule has 0 N–H and O–H groups in total. The number of benzene rings is 17. The number of anilines is 7.